The fraction of sp³-hybridized carbons (Fsp3) is 0.500. The molecule has 0 radical (unpaired) electrons. The molecule has 0 saturated carbocycles. The molecule has 296 valence electrons. The summed E-state index contributed by atoms with van der Waals surface area (Å²) in [5.41, 5.74) is -0.381. The number of rotatable bonds is 31. The van der Waals surface area contributed by atoms with Crippen molar-refractivity contribution >= 4 is 21.9 Å². The number of alkyl halides is 1. The van der Waals surface area contributed by atoms with Crippen LogP contribution in [-0.2, 0) is 9.53 Å². The van der Waals surface area contributed by atoms with Gasteiger partial charge < -0.3 is 4.74 Å². The number of hydrogen-bond donors (Lipinski definition) is 0. The highest BCUT2D eigenvalue weighted by molar-refractivity contribution is 9.09. The van der Waals surface area contributed by atoms with Gasteiger partial charge in [0.15, 0.2) is 0 Å². The molecule has 0 fully saturated rings. The maximum absolute atomic E-state index is 11.8. The molecule has 0 spiro atoms. The van der Waals surface area contributed by atoms with Crippen LogP contribution in [0.15, 0.2) is 146 Å². The second kappa shape index (κ2) is 45.0. The van der Waals surface area contributed by atoms with Gasteiger partial charge >= 0.3 is 5.97 Å². The lowest BCUT2D eigenvalue weighted by Gasteiger charge is -2.21. The van der Waals surface area contributed by atoms with Crippen LogP contribution >= 0.6 is 15.9 Å². The first-order chi connectivity index (χ1) is 26.0. The van der Waals surface area contributed by atoms with E-state index in [0.717, 1.165) is 102 Å². The number of ether oxygens (including phenoxy) is 1. The summed E-state index contributed by atoms with van der Waals surface area (Å²) >= 11 is 3.44. The molecule has 0 N–H and O–H groups in total. The molecular weight excluding hydrogens is 712 g/mol. The number of unbranched alkanes of at least 4 members (excludes halogenated alkanes) is 2. The Morgan fingerprint density at radius 2 is 0.698 bits per heavy atom. The van der Waals surface area contributed by atoms with Crippen molar-refractivity contribution < 1.29 is 9.53 Å². The van der Waals surface area contributed by atoms with Crippen molar-refractivity contribution in [3.63, 3.8) is 0 Å². The number of carbonyl (C=O) groups is 1. The molecule has 0 aromatic rings. The number of allylic oxidation sites excluding steroid dienone is 24. The Balaban J connectivity index is 0. The summed E-state index contributed by atoms with van der Waals surface area (Å²) in [6.07, 6.45) is 71.1. The molecule has 0 aromatic carbocycles. The Morgan fingerprint density at radius 3 is 0.962 bits per heavy atom. The maximum atomic E-state index is 11.8. The second-order valence-electron chi connectivity index (χ2n) is 13.2. The molecule has 0 unspecified atom stereocenters. The lowest BCUT2D eigenvalue weighted by molar-refractivity contribution is -0.153. The van der Waals surface area contributed by atoms with E-state index < -0.39 is 0 Å². The molecule has 3 heteroatoms. The normalized spacial score (nSPS) is 13.3. The molecule has 0 atom stereocenters. The monoisotopic (exact) mass is 789 g/mol. The molecule has 0 bridgehead atoms. The third-order valence-electron chi connectivity index (χ3n) is 7.70. The Bertz CT molecular complexity index is 1160. The van der Waals surface area contributed by atoms with E-state index in [1.54, 1.807) is 0 Å². The number of hydrogen-bond acceptors (Lipinski definition) is 2. The van der Waals surface area contributed by atoms with Crippen molar-refractivity contribution in [2.45, 2.75) is 144 Å². The number of esters is 1. The molecule has 0 aromatic heterocycles. The van der Waals surface area contributed by atoms with Crippen LogP contribution in [0, 0.1) is 5.41 Å². The molecule has 0 rings (SSSR count). The summed E-state index contributed by atoms with van der Waals surface area (Å²) in [6.45, 7) is 10.6. The van der Waals surface area contributed by atoms with Gasteiger partial charge in [-0.3, -0.25) is 4.79 Å². The van der Waals surface area contributed by atoms with Crippen molar-refractivity contribution in [2.24, 2.45) is 5.41 Å². The van der Waals surface area contributed by atoms with Crippen LogP contribution in [0.4, 0.5) is 0 Å². The molecule has 0 amide bonds. The van der Waals surface area contributed by atoms with Crippen molar-refractivity contribution in [3.05, 3.63) is 146 Å². The van der Waals surface area contributed by atoms with Crippen molar-refractivity contribution in [1.29, 1.82) is 0 Å². The van der Waals surface area contributed by atoms with E-state index in [1.807, 2.05) is 20.8 Å². The van der Waals surface area contributed by atoms with E-state index in [0.29, 0.717) is 6.61 Å². The van der Waals surface area contributed by atoms with Gasteiger partial charge in [0.2, 0.25) is 0 Å². The number of halogens is 1. The lowest BCUT2D eigenvalue weighted by Crippen LogP contribution is -2.26. The summed E-state index contributed by atoms with van der Waals surface area (Å²) in [7, 11) is 0. The van der Waals surface area contributed by atoms with Gasteiger partial charge in [-0.2, -0.15) is 0 Å². The van der Waals surface area contributed by atoms with E-state index in [-0.39, 0.29) is 11.4 Å². The van der Waals surface area contributed by atoms with Crippen LogP contribution in [0.2, 0.25) is 0 Å². The maximum Gasteiger partial charge on any atom is 0.311 e. The van der Waals surface area contributed by atoms with Gasteiger partial charge in [0.25, 0.3) is 0 Å². The van der Waals surface area contributed by atoms with E-state index in [9.17, 15) is 4.79 Å². The van der Waals surface area contributed by atoms with Gasteiger partial charge in [0.1, 0.15) is 0 Å². The van der Waals surface area contributed by atoms with Crippen LogP contribution in [0.3, 0.4) is 0 Å². The van der Waals surface area contributed by atoms with Crippen LogP contribution in [-0.4, -0.2) is 17.9 Å². The zero-order chi connectivity index (χ0) is 39.2. The minimum atomic E-state index is -0.381. The third-order valence-corrected chi connectivity index (χ3v) is 8.26. The quantitative estimate of drug-likeness (QED) is 0.0303. The highest BCUT2D eigenvalue weighted by Crippen LogP contribution is 2.25. The highest BCUT2D eigenvalue weighted by Gasteiger charge is 2.28. The van der Waals surface area contributed by atoms with E-state index in [4.69, 9.17) is 4.74 Å². The molecule has 0 saturated heterocycles. The minimum absolute atomic E-state index is 0.0900. The van der Waals surface area contributed by atoms with Gasteiger partial charge in [0.05, 0.1) is 12.0 Å². The average molecular weight is 790 g/mol. The van der Waals surface area contributed by atoms with Gasteiger partial charge in [-0.05, 0) is 130 Å². The molecular formula is C50H77BrO2. The summed E-state index contributed by atoms with van der Waals surface area (Å²) in [4.78, 5) is 11.8. The van der Waals surface area contributed by atoms with Gasteiger partial charge in [-0.25, -0.2) is 0 Å². The third kappa shape index (κ3) is 44.9. The van der Waals surface area contributed by atoms with Crippen LogP contribution in [0.25, 0.3) is 0 Å². The SMILES string of the molecule is CC/C=C\C/C=C\C/C=C\C/C=C\C/C=C\C/C=C\CCCBr.CC/C=C\C/C=C\C/C=C\C/C=C\C/C=C\C/C=C\CCCC(C)(C)C(=O)OCC. The fourth-order valence-corrected chi connectivity index (χ4v) is 4.89. The van der Waals surface area contributed by atoms with Crippen molar-refractivity contribution in [3.8, 4) is 0 Å². The minimum Gasteiger partial charge on any atom is -0.466 e. The zero-order valence-corrected chi connectivity index (χ0v) is 36.1. The van der Waals surface area contributed by atoms with E-state index in [2.05, 4.69) is 176 Å². The Labute approximate surface area is 336 Å². The lowest BCUT2D eigenvalue weighted by atomic mass is 9.87. The van der Waals surface area contributed by atoms with Crippen LogP contribution in [0.1, 0.15) is 144 Å². The molecule has 0 aliphatic heterocycles. The second-order valence-corrected chi connectivity index (χ2v) is 14.0. The van der Waals surface area contributed by atoms with E-state index in [1.165, 1.54) is 12.8 Å². The Morgan fingerprint density at radius 1 is 0.434 bits per heavy atom. The topological polar surface area (TPSA) is 26.3 Å². The largest absolute Gasteiger partial charge is 0.466 e. The van der Waals surface area contributed by atoms with Crippen molar-refractivity contribution in [1.82, 2.24) is 0 Å². The van der Waals surface area contributed by atoms with Gasteiger partial charge in [-0.1, -0.05) is 176 Å². The summed E-state index contributed by atoms with van der Waals surface area (Å²) in [6, 6.07) is 0. The molecule has 53 heavy (non-hydrogen) atoms. The van der Waals surface area contributed by atoms with E-state index >= 15 is 0 Å². The molecule has 2 nitrogen and oxygen atoms in total. The highest BCUT2D eigenvalue weighted by atomic mass is 79.9. The molecule has 0 heterocycles. The van der Waals surface area contributed by atoms with Gasteiger partial charge in [0, 0.05) is 5.33 Å². The Kier molecular flexibility index (Phi) is 44.1. The first kappa shape index (κ1) is 51.9. The predicted molar refractivity (Wildman–Crippen MR) is 244 cm³/mol. The standard InChI is InChI=1S/C28H44O2.C22H33Br/c1-5-7-8-9-10-11-12-13-14-15-16-17-18-19-20-21-22-23-24-25-26-28(3,4)27(29)30-6-2;1-2-3-4-5-6-7-8-9-10-11-12-13-14-15-16-17-18-19-20-21-22-23/h7-8,10-11,13-14,16-17,19-20,22-23H,5-6,9,12,15,18,21,24-26H2,1-4H3;3-4,6-7,9-10,12-13,15-16,18-19H,2,5,8,11,14,17,20-22H2,1H3/b8-7-,11-10-,14-13-,17-16-,20-19-,23-22-;4-3-,7-6-,10-9-,13-12-,16-15-,19-18-. The summed E-state index contributed by atoms with van der Waals surface area (Å²) < 4.78 is 5.12. The summed E-state index contributed by atoms with van der Waals surface area (Å²) in [5, 5.41) is 1.10. The predicted octanol–water partition coefficient (Wildman–Crippen LogP) is 16.3. The average Bonchev–Trinajstić information content (AvgIpc) is 3.15. The Hall–Kier alpha value is -3.17. The fourth-order valence-electron chi connectivity index (χ4n) is 4.56. The molecule has 0 aliphatic rings. The zero-order valence-electron chi connectivity index (χ0n) is 34.5. The van der Waals surface area contributed by atoms with Crippen LogP contribution < -0.4 is 0 Å². The first-order valence-corrected chi connectivity index (χ1v) is 21.6. The first-order valence-electron chi connectivity index (χ1n) is 20.5. The van der Waals surface area contributed by atoms with Gasteiger partial charge in [-0.15, -0.1) is 0 Å². The summed E-state index contributed by atoms with van der Waals surface area (Å²) in [5.74, 6) is -0.0900. The number of carbonyl (C=O) groups excluding carboxylic acids is 1. The smallest absolute Gasteiger partial charge is 0.311 e. The van der Waals surface area contributed by atoms with Crippen LogP contribution in [0.5, 0.6) is 0 Å². The van der Waals surface area contributed by atoms with Crippen molar-refractivity contribution in [2.75, 3.05) is 11.9 Å². The molecule has 0 aliphatic carbocycles.